The van der Waals surface area contributed by atoms with Crippen LogP contribution in [0, 0.1) is 6.92 Å². The van der Waals surface area contributed by atoms with E-state index in [1.165, 1.54) is 11.3 Å². The monoisotopic (exact) mass is 290 g/mol. The van der Waals surface area contributed by atoms with E-state index < -0.39 is 16.9 Å². The Morgan fingerprint density at radius 2 is 2.29 bits per heavy atom. The van der Waals surface area contributed by atoms with Crippen molar-refractivity contribution in [3.63, 3.8) is 0 Å². The Balaban J connectivity index is 2.34. The van der Waals surface area contributed by atoms with Crippen molar-refractivity contribution in [1.82, 2.24) is 9.97 Å². The van der Waals surface area contributed by atoms with Crippen LogP contribution in [-0.2, 0) is 10.8 Å². The van der Waals surface area contributed by atoms with E-state index in [4.69, 9.17) is 11.6 Å². The standard InChI is InChI=1S/C10H11ClN2O2S2/c1-5-10(17(2)15)13-9(12-5)8(14)6-3-4-7(11)16-6/h3-4,8,14H,1-2H3,(H,12,13). The van der Waals surface area contributed by atoms with Crippen LogP contribution in [0.1, 0.15) is 22.5 Å². The molecule has 0 aliphatic heterocycles. The fourth-order valence-electron chi connectivity index (χ4n) is 1.49. The smallest absolute Gasteiger partial charge is 0.148 e. The molecule has 0 bridgehead atoms. The minimum Gasteiger partial charge on any atom is -0.380 e. The number of nitrogens with one attached hydrogen (secondary N) is 1. The number of aromatic amines is 1. The van der Waals surface area contributed by atoms with E-state index in [9.17, 15) is 9.32 Å². The second-order valence-electron chi connectivity index (χ2n) is 3.55. The number of hydrogen-bond donors (Lipinski definition) is 2. The van der Waals surface area contributed by atoms with Crippen molar-refractivity contribution in [3.8, 4) is 0 Å². The van der Waals surface area contributed by atoms with Gasteiger partial charge in [-0.15, -0.1) is 11.3 Å². The number of thiophene rings is 1. The summed E-state index contributed by atoms with van der Waals surface area (Å²) in [5, 5.41) is 10.6. The normalized spacial score (nSPS) is 14.8. The average Bonchev–Trinajstić information content (AvgIpc) is 2.83. The van der Waals surface area contributed by atoms with E-state index in [1.54, 1.807) is 25.3 Å². The number of hydrogen-bond acceptors (Lipinski definition) is 4. The summed E-state index contributed by atoms with van der Waals surface area (Å²) in [6, 6.07) is 3.47. The summed E-state index contributed by atoms with van der Waals surface area (Å²) < 4.78 is 12.0. The van der Waals surface area contributed by atoms with Gasteiger partial charge in [-0.1, -0.05) is 11.6 Å². The van der Waals surface area contributed by atoms with E-state index in [0.29, 0.717) is 25.8 Å². The Labute approximate surface area is 110 Å². The third-order valence-electron chi connectivity index (χ3n) is 2.25. The molecule has 7 heteroatoms. The van der Waals surface area contributed by atoms with E-state index in [0.717, 1.165) is 0 Å². The molecule has 2 aromatic rings. The molecular weight excluding hydrogens is 280 g/mol. The van der Waals surface area contributed by atoms with E-state index in [2.05, 4.69) is 9.97 Å². The highest BCUT2D eigenvalue weighted by atomic mass is 35.5. The van der Waals surface area contributed by atoms with E-state index in [-0.39, 0.29) is 0 Å². The van der Waals surface area contributed by atoms with Gasteiger partial charge in [-0.05, 0) is 19.1 Å². The fourth-order valence-corrected chi connectivity index (χ4v) is 3.25. The minimum atomic E-state index is -1.16. The van der Waals surface area contributed by atoms with Gasteiger partial charge in [0.1, 0.15) is 17.0 Å². The minimum absolute atomic E-state index is 0.395. The zero-order valence-corrected chi connectivity index (χ0v) is 11.6. The first-order valence-electron chi connectivity index (χ1n) is 4.82. The fraction of sp³-hybridized carbons (Fsp3) is 0.300. The zero-order chi connectivity index (χ0) is 12.6. The Hall–Kier alpha value is -0.690. The number of nitrogens with zero attached hydrogens (tertiary/aromatic N) is 1. The number of halogens is 1. The molecule has 0 saturated heterocycles. The predicted molar refractivity (Wildman–Crippen MR) is 69.0 cm³/mol. The van der Waals surface area contributed by atoms with Crippen LogP contribution in [0.3, 0.4) is 0 Å². The molecule has 0 aliphatic carbocycles. The van der Waals surface area contributed by atoms with Gasteiger partial charge in [0.2, 0.25) is 0 Å². The molecule has 0 aliphatic rings. The van der Waals surface area contributed by atoms with Crippen molar-refractivity contribution in [2.75, 3.05) is 6.26 Å². The molecule has 2 atom stereocenters. The lowest BCUT2D eigenvalue weighted by molar-refractivity contribution is 0.214. The quantitative estimate of drug-likeness (QED) is 0.911. The molecule has 2 heterocycles. The van der Waals surface area contributed by atoms with Crippen LogP contribution in [0.4, 0.5) is 0 Å². The van der Waals surface area contributed by atoms with Crippen LogP contribution in [0.15, 0.2) is 17.2 Å². The van der Waals surface area contributed by atoms with Crippen molar-refractivity contribution in [2.45, 2.75) is 18.1 Å². The van der Waals surface area contributed by atoms with Crippen molar-refractivity contribution in [3.05, 3.63) is 32.9 Å². The number of aliphatic hydroxyl groups is 1. The molecule has 2 unspecified atom stereocenters. The van der Waals surface area contributed by atoms with Crippen LogP contribution in [0.25, 0.3) is 0 Å². The van der Waals surface area contributed by atoms with Gasteiger partial charge in [0.15, 0.2) is 0 Å². The molecule has 2 N–H and O–H groups in total. The third-order valence-corrected chi connectivity index (χ3v) is 4.48. The lowest BCUT2D eigenvalue weighted by atomic mass is 10.3. The van der Waals surface area contributed by atoms with Crippen LogP contribution in [-0.4, -0.2) is 25.5 Å². The van der Waals surface area contributed by atoms with Gasteiger partial charge in [-0.25, -0.2) is 4.98 Å². The van der Waals surface area contributed by atoms with Crippen LogP contribution >= 0.6 is 22.9 Å². The predicted octanol–water partition coefficient (Wildman–Crippen LogP) is 2.25. The lowest BCUT2D eigenvalue weighted by Gasteiger charge is -2.03. The van der Waals surface area contributed by atoms with Crippen molar-refractivity contribution in [2.24, 2.45) is 0 Å². The summed E-state index contributed by atoms with van der Waals surface area (Å²) in [5.41, 5.74) is 0.711. The molecule has 92 valence electrons. The summed E-state index contributed by atoms with van der Waals surface area (Å²) >= 11 is 7.10. The molecule has 0 radical (unpaired) electrons. The Morgan fingerprint density at radius 1 is 1.59 bits per heavy atom. The highest BCUT2D eigenvalue weighted by Crippen LogP contribution is 2.30. The largest absolute Gasteiger partial charge is 0.380 e. The van der Waals surface area contributed by atoms with E-state index in [1.807, 2.05) is 0 Å². The summed E-state index contributed by atoms with van der Waals surface area (Å²) in [5.74, 6) is 0.395. The van der Waals surface area contributed by atoms with Crippen LogP contribution < -0.4 is 0 Å². The summed E-state index contributed by atoms with van der Waals surface area (Å²) in [6.07, 6.45) is 0.699. The molecule has 0 spiro atoms. The molecule has 17 heavy (non-hydrogen) atoms. The molecule has 2 aromatic heterocycles. The van der Waals surface area contributed by atoms with Gasteiger partial charge in [0, 0.05) is 16.8 Å². The van der Waals surface area contributed by atoms with Crippen molar-refractivity contribution >= 4 is 33.7 Å². The maximum Gasteiger partial charge on any atom is 0.148 e. The number of imidazole rings is 1. The maximum atomic E-state index is 11.4. The first-order valence-corrected chi connectivity index (χ1v) is 7.57. The number of aliphatic hydroxyl groups excluding tert-OH is 1. The third kappa shape index (κ3) is 2.60. The van der Waals surface area contributed by atoms with Gasteiger partial charge in [0.05, 0.1) is 15.1 Å². The van der Waals surface area contributed by atoms with Crippen LogP contribution in [0.2, 0.25) is 4.34 Å². The van der Waals surface area contributed by atoms with Crippen LogP contribution in [0.5, 0.6) is 0 Å². The first-order chi connectivity index (χ1) is 7.99. The molecule has 0 amide bonds. The van der Waals surface area contributed by atoms with Gasteiger partial charge >= 0.3 is 0 Å². The topological polar surface area (TPSA) is 66.0 Å². The molecule has 0 saturated carbocycles. The second kappa shape index (κ2) is 4.89. The molecule has 4 nitrogen and oxygen atoms in total. The Kier molecular flexibility index (Phi) is 3.67. The lowest BCUT2D eigenvalue weighted by Crippen LogP contribution is -1.99. The van der Waals surface area contributed by atoms with E-state index >= 15 is 0 Å². The zero-order valence-electron chi connectivity index (χ0n) is 9.23. The van der Waals surface area contributed by atoms with Gasteiger partial charge in [0.25, 0.3) is 0 Å². The first kappa shape index (κ1) is 12.8. The molecule has 0 aromatic carbocycles. The second-order valence-corrected chi connectivity index (χ2v) is 6.59. The summed E-state index contributed by atoms with van der Waals surface area (Å²) in [4.78, 5) is 7.80. The Bertz CT molecular complexity index is 564. The number of aromatic nitrogens is 2. The van der Waals surface area contributed by atoms with Gasteiger partial charge in [-0.3, -0.25) is 4.21 Å². The molecule has 2 rings (SSSR count). The molecule has 0 fully saturated rings. The van der Waals surface area contributed by atoms with Gasteiger partial charge < -0.3 is 10.1 Å². The Morgan fingerprint density at radius 3 is 2.76 bits per heavy atom. The summed E-state index contributed by atoms with van der Waals surface area (Å²) in [6.45, 7) is 1.78. The van der Waals surface area contributed by atoms with Gasteiger partial charge in [-0.2, -0.15) is 0 Å². The number of rotatable bonds is 3. The maximum absolute atomic E-state index is 11.4. The number of H-pyrrole nitrogens is 1. The summed E-state index contributed by atoms with van der Waals surface area (Å²) in [7, 11) is -1.16. The SMILES string of the molecule is Cc1[nH]c(C(O)c2ccc(Cl)s2)nc1S(C)=O. The van der Waals surface area contributed by atoms with Crippen molar-refractivity contribution < 1.29 is 9.32 Å². The number of aryl methyl sites for hydroxylation is 1. The average molecular weight is 291 g/mol. The highest BCUT2D eigenvalue weighted by molar-refractivity contribution is 7.84. The van der Waals surface area contributed by atoms with Crippen molar-refractivity contribution in [1.29, 1.82) is 0 Å². The highest BCUT2D eigenvalue weighted by Gasteiger charge is 2.19. The molecular formula is C10H11ClN2O2S2.